The summed E-state index contributed by atoms with van der Waals surface area (Å²) in [4.78, 5) is 12.2. The van der Waals surface area contributed by atoms with E-state index in [1.165, 1.54) is 0 Å². The number of nitrogens with zero attached hydrogens (tertiary/aromatic N) is 1. The topological polar surface area (TPSA) is 62.1 Å². The summed E-state index contributed by atoms with van der Waals surface area (Å²) >= 11 is 0. The fourth-order valence-corrected chi connectivity index (χ4v) is 2.08. The minimum absolute atomic E-state index is 0.133. The van der Waals surface area contributed by atoms with Crippen LogP contribution in [-0.4, -0.2) is 12.5 Å². The van der Waals surface area contributed by atoms with Crippen molar-refractivity contribution in [3.63, 3.8) is 0 Å². The highest BCUT2D eigenvalue weighted by Gasteiger charge is 2.11. The highest BCUT2D eigenvalue weighted by molar-refractivity contribution is 5.94. The lowest BCUT2D eigenvalue weighted by Crippen LogP contribution is -2.26. The van der Waals surface area contributed by atoms with Crippen LogP contribution in [0.3, 0.4) is 0 Å². The Morgan fingerprint density at radius 1 is 1.18 bits per heavy atom. The summed E-state index contributed by atoms with van der Waals surface area (Å²) in [7, 11) is 0. The second-order valence-corrected chi connectivity index (χ2v) is 4.89. The first-order valence-corrected chi connectivity index (χ1v) is 7.18. The molecule has 0 saturated carbocycles. The van der Waals surface area contributed by atoms with Crippen molar-refractivity contribution in [2.45, 2.75) is 19.9 Å². The van der Waals surface area contributed by atoms with E-state index in [2.05, 4.69) is 11.4 Å². The van der Waals surface area contributed by atoms with Crippen LogP contribution in [0.4, 0.5) is 0 Å². The van der Waals surface area contributed by atoms with Gasteiger partial charge < -0.3 is 10.1 Å². The average molecular weight is 294 g/mol. The smallest absolute Gasteiger partial charge is 0.251 e. The first kappa shape index (κ1) is 15.6. The van der Waals surface area contributed by atoms with Crippen LogP contribution in [0.2, 0.25) is 0 Å². The van der Waals surface area contributed by atoms with E-state index in [0.717, 1.165) is 11.3 Å². The van der Waals surface area contributed by atoms with Gasteiger partial charge in [-0.2, -0.15) is 5.26 Å². The number of ether oxygens (including phenoxy) is 1. The summed E-state index contributed by atoms with van der Waals surface area (Å²) in [6.45, 7) is 4.43. The van der Waals surface area contributed by atoms with Crippen LogP contribution in [0.15, 0.2) is 48.5 Å². The largest absolute Gasteiger partial charge is 0.494 e. The van der Waals surface area contributed by atoms with E-state index in [9.17, 15) is 4.79 Å². The molecule has 2 rings (SSSR count). The average Bonchev–Trinajstić information content (AvgIpc) is 2.55. The van der Waals surface area contributed by atoms with Gasteiger partial charge in [0.25, 0.3) is 5.91 Å². The quantitative estimate of drug-likeness (QED) is 0.918. The summed E-state index contributed by atoms with van der Waals surface area (Å²) in [5, 5.41) is 11.7. The zero-order valence-electron chi connectivity index (χ0n) is 12.7. The molecule has 0 aliphatic heterocycles. The van der Waals surface area contributed by atoms with Crippen molar-refractivity contribution in [3.05, 3.63) is 65.2 Å². The molecular formula is C18H18N2O2. The standard InChI is InChI=1S/C18H18N2O2/c1-3-22-17-10-8-16(9-11-17)18(21)20-13(2)15-6-4-14(12-19)5-7-15/h4-11,13H,3H2,1-2H3,(H,20,21). The van der Waals surface area contributed by atoms with E-state index in [4.69, 9.17) is 10.00 Å². The minimum atomic E-state index is -0.139. The van der Waals surface area contributed by atoms with Crippen LogP contribution in [0.25, 0.3) is 0 Å². The van der Waals surface area contributed by atoms with Crippen molar-refractivity contribution < 1.29 is 9.53 Å². The van der Waals surface area contributed by atoms with Crippen LogP contribution in [0.5, 0.6) is 5.75 Å². The maximum atomic E-state index is 12.2. The lowest BCUT2D eigenvalue weighted by atomic mass is 10.1. The van der Waals surface area contributed by atoms with E-state index in [-0.39, 0.29) is 11.9 Å². The summed E-state index contributed by atoms with van der Waals surface area (Å²) < 4.78 is 5.35. The minimum Gasteiger partial charge on any atom is -0.494 e. The molecule has 0 bridgehead atoms. The highest BCUT2D eigenvalue weighted by atomic mass is 16.5. The number of carbonyl (C=O) groups is 1. The maximum absolute atomic E-state index is 12.2. The molecule has 0 spiro atoms. The van der Waals surface area contributed by atoms with E-state index >= 15 is 0 Å². The highest BCUT2D eigenvalue weighted by Crippen LogP contribution is 2.16. The molecule has 0 fully saturated rings. The summed E-state index contributed by atoms with van der Waals surface area (Å²) in [6.07, 6.45) is 0. The van der Waals surface area contributed by atoms with Crippen molar-refractivity contribution in [3.8, 4) is 11.8 Å². The molecule has 0 aliphatic carbocycles. The molecule has 22 heavy (non-hydrogen) atoms. The third-order valence-corrected chi connectivity index (χ3v) is 3.31. The fraction of sp³-hybridized carbons (Fsp3) is 0.222. The lowest BCUT2D eigenvalue weighted by molar-refractivity contribution is 0.0940. The summed E-state index contributed by atoms with van der Waals surface area (Å²) in [5.41, 5.74) is 2.15. The Balaban J connectivity index is 2.02. The van der Waals surface area contributed by atoms with E-state index in [0.29, 0.717) is 17.7 Å². The number of rotatable bonds is 5. The molecule has 112 valence electrons. The van der Waals surface area contributed by atoms with Gasteiger partial charge in [0.15, 0.2) is 0 Å². The molecule has 0 heterocycles. The number of nitrogens with one attached hydrogen (secondary N) is 1. The first-order valence-electron chi connectivity index (χ1n) is 7.18. The molecular weight excluding hydrogens is 276 g/mol. The zero-order chi connectivity index (χ0) is 15.9. The number of benzene rings is 2. The third-order valence-electron chi connectivity index (χ3n) is 3.31. The Labute approximate surface area is 130 Å². The Morgan fingerprint density at radius 3 is 2.36 bits per heavy atom. The van der Waals surface area contributed by atoms with Gasteiger partial charge in [-0.05, 0) is 55.8 Å². The van der Waals surface area contributed by atoms with E-state index in [1.807, 2.05) is 26.0 Å². The second kappa shape index (κ2) is 7.28. The van der Waals surface area contributed by atoms with Crippen LogP contribution < -0.4 is 10.1 Å². The predicted octanol–water partition coefficient (Wildman–Crippen LogP) is 3.45. The lowest BCUT2D eigenvalue weighted by Gasteiger charge is -2.14. The third kappa shape index (κ3) is 3.86. The van der Waals surface area contributed by atoms with Crippen LogP contribution in [0.1, 0.15) is 41.4 Å². The molecule has 0 aliphatic rings. The SMILES string of the molecule is CCOc1ccc(C(=O)NC(C)c2ccc(C#N)cc2)cc1. The van der Waals surface area contributed by atoms with Crippen molar-refractivity contribution >= 4 is 5.91 Å². The molecule has 1 unspecified atom stereocenters. The van der Waals surface area contributed by atoms with Gasteiger partial charge in [0.2, 0.25) is 0 Å². The predicted molar refractivity (Wildman–Crippen MR) is 84.6 cm³/mol. The van der Waals surface area contributed by atoms with E-state index in [1.54, 1.807) is 36.4 Å². The van der Waals surface area contributed by atoms with Gasteiger partial charge in [-0.25, -0.2) is 0 Å². The van der Waals surface area contributed by atoms with Crippen molar-refractivity contribution in [2.24, 2.45) is 0 Å². The van der Waals surface area contributed by atoms with Gasteiger partial charge in [0, 0.05) is 5.56 Å². The molecule has 4 nitrogen and oxygen atoms in total. The normalized spacial score (nSPS) is 11.3. The van der Waals surface area contributed by atoms with Gasteiger partial charge in [-0.1, -0.05) is 12.1 Å². The Bertz CT molecular complexity index is 670. The molecule has 4 heteroatoms. The first-order chi connectivity index (χ1) is 10.6. The van der Waals surface area contributed by atoms with Crippen molar-refractivity contribution in [2.75, 3.05) is 6.61 Å². The van der Waals surface area contributed by atoms with Crippen molar-refractivity contribution in [1.82, 2.24) is 5.32 Å². The number of nitriles is 1. The number of amides is 1. The fourth-order valence-electron chi connectivity index (χ4n) is 2.08. The second-order valence-electron chi connectivity index (χ2n) is 4.89. The van der Waals surface area contributed by atoms with Gasteiger partial charge in [0.1, 0.15) is 5.75 Å². The van der Waals surface area contributed by atoms with Gasteiger partial charge in [0.05, 0.1) is 24.3 Å². The van der Waals surface area contributed by atoms with Crippen LogP contribution in [0, 0.1) is 11.3 Å². The van der Waals surface area contributed by atoms with Crippen LogP contribution in [-0.2, 0) is 0 Å². The maximum Gasteiger partial charge on any atom is 0.251 e. The molecule has 2 aromatic rings. The zero-order valence-corrected chi connectivity index (χ0v) is 12.7. The molecule has 0 aromatic heterocycles. The number of hydrogen-bond acceptors (Lipinski definition) is 3. The van der Waals surface area contributed by atoms with Gasteiger partial charge in [-0.15, -0.1) is 0 Å². The Kier molecular flexibility index (Phi) is 5.16. The number of carbonyl (C=O) groups excluding carboxylic acids is 1. The molecule has 1 amide bonds. The molecule has 0 saturated heterocycles. The molecule has 1 atom stereocenters. The molecule has 2 aromatic carbocycles. The summed E-state index contributed by atoms with van der Waals surface area (Å²) in [6, 6.07) is 16.2. The van der Waals surface area contributed by atoms with Crippen molar-refractivity contribution in [1.29, 1.82) is 5.26 Å². The monoisotopic (exact) mass is 294 g/mol. The van der Waals surface area contributed by atoms with E-state index < -0.39 is 0 Å². The van der Waals surface area contributed by atoms with Gasteiger partial charge >= 0.3 is 0 Å². The van der Waals surface area contributed by atoms with Gasteiger partial charge in [-0.3, -0.25) is 4.79 Å². The number of hydrogen-bond donors (Lipinski definition) is 1. The Hall–Kier alpha value is -2.80. The Morgan fingerprint density at radius 2 is 1.82 bits per heavy atom. The molecule has 0 radical (unpaired) electrons. The van der Waals surface area contributed by atoms with Crippen LogP contribution >= 0.6 is 0 Å². The summed E-state index contributed by atoms with van der Waals surface area (Å²) in [5.74, 6) is 0.610. The molecule has 1 N–H and O–H groups in total.